The second-order valence-electron chi connectivity index (χ2n) is 6.63. The molecule has 2 aliphatic heterocycles. The molecule has 1 atom stereocenters. The fourth-order valence-electron chi connectivity index (χ4n) is 3.13. The van der Waals surface area contributed by atoms with Gasteiger partial charge >= 0.3 is 0 Å². The van der Waals surface area contributed by atoms with E-state index in [4.69, 9.17) is 4.74 Å². The summed E-state index contributed by atoms with van der Waals surface area (Å²) in [5, 5.41) is 0. The normalized spacial score (nSPS) is 31.1. The average Bonchev–Trinajstić information content (AvgIpc) is 2.61. The Bertz CT molecular complexity index is 236. The molecule has 0 amide bonds. The first-order valence-electron chi connectivity index (χ1n) is 6.84. The van der Waals surface area contributed by atoms with E-state index < -0.39 is 0 Å². The topological polar surface area (TPSA) is 12.5 Å². The summed E-state index contributed by atoms with van der Waals surface area (Å²) in [6.45, 7) is 12.7. The molecule has 0 aromatic heterocycles. The van der Waals surface area contributed by atoms with Gasteiger partial charge in [-0.3, -0.25) is 4.90 Å². The van der Waals surface area contributed by atoms with Crippen molar-refractivity contribution in [1.82, 2.24) is 4.90 Å². The second-order valence-corrected chi connectivity index (χ2v) is 6.63. The first-order valence-corrected chi connectivity index (χ1v) is 6.84. The molecule has 0 aliphatic carbocycles. The van der Waals surface area contributed by atoms with Crippen molar-refractivity contribution in [2.24, 2.45) is 5.92 Å². The maximum atomic E-state index is 6.12. The minimum absolute atomic E-state index is 0.252. The van der Waals surface area contributed by atoms with Crippen LogP contribution in [0.15, 0.2) is 0 Å². The molecule has 0 saturated carbocycles. The molecule has 2 heteroatoms. The zero-order chi connectivity index (χ0) is 11.8. The Morgan fingerprint density at radius 2 is 1.88 bits per heavy atom. The van der Waals surface area contributed by atoms with Gasteiger partial charge in [-0.05, 0) is 46.0 Å². The number of nitrogens with zero attached hydrogens (tertiary/aromatic N) is 1. The number of piperidine rings is 1. The Hall–Kier alpha value is -0.0800. The zero-order valence-corrected chi connectivity index (χ0v) is 11.4. The molecule has 2 rings (SSSR count). The molecule has 2 nitrogen and oxygen atoms in total. The lowest BCUT2D eigenvalue weighted by Crippen LogP contribution is -2.51. The van der Waals surface area contributed by atoms with E-state index in [2.05, 4.69) is 32.6 Å². The van der Waals surface area contributed by atoms with E-state index in [0.29, 0.717) is 5.54 Å². The van der Waals surface area contributed by atoms with Gasteiger partial charge in [0.1, 0.15) is 0 Å². The molecule has 1 unspecified atom stereocenters. The smallest absolute Gasteiger partial charge is 0.0710 e. The summed E-state index contributed by atoms with van der Waals surface area (Å²) in [6, 6.07) is 0. The third-order valence-electron chi connectivity index (χ3n) is 4.49. The van der Waals surface area contributed by atoms with Crippen LogP contribution < -0.4 is 0 Å². The molecule has 0 aromatic carbocycles. The summed E-state index contributed by atoms with van der Waals surface area (Å²) in [7, 11) is 0. The lowest BCUT2D eigenvalue weighted by atomic mass is 9.83. The van der Waals surface area contributed by atoms with E-state index in [0.717, 1.165) is 12.5 Å². The van der Waals surface area contributed by atoms with Crippen molar-refractivity contribution >= 4 is 0 Å². The van der Waals surface area contributed by atoms with Gasteiger partial charge in [0.05, 0.1) is 12.2 Å². The highest BCUT2D eigenvalue weighted by molar-refractivity contribution is 4.95. The van der Waals surface area contributed by atoms with E-state index in [1.807, 2.05) is 0 Å². The Kier molecular flexibility index (Phi) is 3.33. The lowest BCUT2D eigenvalue weighted by molar-refractivity contribution is -0.0591. The molecule has 1 spiro atoms. The van der Waals surface area contributed by atoms with Crippen LogP contribution in [-0.2, 0) is 4.74 Å². The van der Waals surface area contributed by atoms with Gasteiger partial charge in [-0.1, -0.05) is 13.3 Å². The Morgan fingerprint density at radius 3 is 2.31 bits per heavy atom. The summed E-state index contributed by atoms with van der Waals surface area (Å²) < 4.78 is 6.12. The van der Waals surface area contributed by atoms with E-state index in [-0.39, 0.29) is 5.60 Å². The van der Waals surface area contributed by atoms with Crippen LogP contribution >= 0.6 is 0 Å². The predicted octanol–water partition coefficient (Wildman–Crippen LogP) is 3.07. The fraction of sp³-hybridized carbons (Fsp3) is 1.00. The second kappa shape index (κ2) is 4.30. The van der Waals surface area contributed by atoms with E-state index in [9.17, 15) is 0 Å². The molecular formula is C14H27NO. The van der Waals surface area contributed by atoms with Crippen molar-refractivity contribution in [3.05, 3.63) is 0 Å². The maximum absolute atomic E-state index is 6.12. The predicted molar refractivity (Wildman–Crippen MR) is 67.6 cm³/mol. The van der Waals surface area contributed by atoms with Crippen molar-refractivity contribution in [2.75, 3.05) is 19.7 Å². The minimum Gasteiger partial charge on any atom is -0.375 e. The van der Waals surface area contributed by atoms with Gasteiger partial charge in [0.15, 0.2) is 0 Å². The Balaban J connectivity index is 1.90. The maximum Gasteiger partial charge on any atom is 0.0710 e. The van der Waals surface area contributed by atoms with Gasteiger partial charge in [0.25, 0.3) is 0 Å². The highest BCUT2D eigenvalue weighted by Gasteiger charge is 2.43. The third-order valence-corrected chi connectivity index (χ3v) is 4.49. The van der Waals surface area contributed by atoms with Gasteiger partial charge < -0.3 is 4.74 Å². The number of ether oxygens (including phenoxy) is 1. The van der Waals surface area contributed by atoms with Crippen LogP contribution in [0.2, 0.25) is 0 Å². The first-order chi connectivity index (χ1) is 7.45. The summed E-state index contributed by atoms with van der Waals surface area (Å²) in [5.74, 6) is 0.821. The van der Waals surface area contributed by atoms with Crippen LogP contribution in [-0.4, -0.2) is 35.7 Å². The highest BCUT2D eigenvalue weighted by atomic mass is 16.5. The van der Waals surface area contributed by atoms with Gasteiger partial charge in [0.2, 0.25) is 0 Å². The molecule has 2 fully saturated rings. The molecule has 0 radical (unpaired) electrons. The number of hydrogen-bond donors (Lipinski definition) is 0. The molecule has 2 heterocycles. The quantitative estimate of drug-likeness (QED) is 0.680. The number of rotatable bonds is 1. The average molecular weight is 225 g/mol. The lowest BCUT2D eigenvalue weighted by Gasteiger charge is -2.44. The van der Waals surface area contributed by atoms with Gasteiger partial charge in [-0.25, -0.2) is 0 Å². The SMILES string of the molecule is CCC1COC2(CCN(C(C)(C)C)CC2)C1. The van der Waals surface area contributed by atoms with Crippen molar-refractivity contribution in [1.29, 1.82) is 0 Å². The van der Waals surface area contributed by atoms with Crippen LogP contribution in [0.25, 0.3) is 0 Å². The van der Waals surface area contributed by atoms with Crippen LogP contribution in [0.3, 0.4) is 0 Å². The fourth-order valence-corrected chi connectivity index (χ4v) is 3.13. The molecule has 0 aromatic rings. The Labute approximate surface area is 100 Å². The Morgan fingerprint density at radius 1 is 1.25 bits per heavy atom. The molecule has 16 heavy (non-hydrogen) atoms. The molecular weight excluding hydrogens is 198 g/mol. The monoisotopic (exact) mass is 225 g/mol. The van der Waals surface area contributed by atoms with E-state index in [1.54, 1.807) is 0 Å². The zero-order valence-electron chi connectivity index (χ0n) is 11.4. The van der Waals surface area contributed by atoms with Gasteiger partial charge in [-0.2, -0.15) is 0 Å². The number of likely N-dealkylation sites (tertiary alicyclic amines) is 1. The molecule has 0 N–H and O–H groups in total. The van der Waals surface area contributed by atoms with Crippen LogP contribution in [0.5, 0.6) is 0 Å². The van der Waals surface area contributed by atoms with Crippen LogP contribution in [0.4, 0.5) is 0 Å². The van der Waals surface area contributed by atoms with Gasteiger partial charge in [0, 0.05) is 18.6 Å². The standard InChI is InChI=1S/C14H27NO/c1-5-12-10-14(16-11-12)6-8-15(9-7-14)13(2,3)4/h12H,5-11H2,1-4H3. The van der Waals surface area contributed by atoms with Crippen molar-refractivity contribution in [3.8, 4) is 0 Å². The molecule has 94 valence electrons. The first kappa shape index (κ1) is 12.4. The molecule has 2 aliphatic rings. The van der Waals surface area contributed by atoms with Crippen LogP contribution in [0.1, 0.15) is 53.4 Å². The van der Waals surface area contributed by atoms with E-state index >= 15 is 0 Å². The van der Waals surface area contributed by atoms with Gasteiger partial charge in [-0.15, -0.1) is 0 Å². The highest BCUT2D eigenvalue weighted by Crippen LogP contribution is 2.40. The molecule has 2 saturated heterocycles. The van der Waals surface area contributed by atoms with E-state index in [1.165, 1.54) is 38.8 Å². The number of hydrogen-bond acceptors (Lipinski definition) is 2. The largest absolute Gasteiger partial charge is 0.375 e. The van der Waals surface area contributed by atoms with Crippen LogP contribution in [0, 0.1) is 5.92 Å². The van der Waals surface area contributed by atoms with Crippen molar-refractivity contribution < 1.29 is 4.74 Å². The summed E-state index contributed by atoms with van der Waals surface area (Å²) in [6.07, 6.45) is 5.06. The third kappa shape index (κ3) is 2.43. The molecule has 0 bridgehead atoms. The minimum atomic E-state index is 0.252. The van der Waals surface area contributed by atoms with Crippen molar-refractivity contribution in [3.63, 3.8) is 0 Å². The summed E-state index contributed by atoms with van der Waals surface area (Å²) >= 11 is 0. The summed E-state index contributed by atoms with van der Waals surface area (Å²) in [4.78, 5) is 2.60. The summed E-state index contributed by atoms with van der Waals surface area (Å²) in [5.41, 5.74) is 0.576. The van der Waals surface area contributed by atoms with Crippen molar-refractivity contribution in [2.45, 2.75) is 64.5 Å².